The van der Waals surface area contributed by atoms with Crippen molar-refractivity contribution in [2.24, 2.45) is 0 Å². The average Bonchev–Trinajstić information content (AvgIpc) is 3.05. The first-order valence-corrected chi connectivity index (χ1v) is 8.37. The van der Waals surface area contributed by atoms with Gasteiger partial charge in [-0.3, -0.25) is 0 Å². The molecule has 1 fully saturated rings. The van der Waals surface area contributed by atoms with E-state index in [0.717, 1.165) is 42.3 Å². The summed E-state index contributed by atoms with van der Waals surface area (Å²) in [5.41, 5.74) is 2.95. The first kappa shape index (κ1) is 16.6. The summed E-state index contributed by atoms with van der Waals surface area (Å²) < 4.78 is 0. The molecule has 1 unspecified atom stereocenters. The Labute approximate surface area is 142 Å². The van der Waals surface area contributed by atoms with Crippen LogP contribution < -0.4 is 0 Å². The molecule has 0 saturated carbocycles. The van der Waals surface area contributed by atoms with Crippen molar-refractivity contribution in [3.63, 3.8) is 0 Å². The van der Waals surface area contributed by atoms with Crippen LogP contribution in [-0.2, 0) is 0 Å². The van der Waals surface area contributed by atoms with Crippen molar-refractivity contribution in [3.8, 4) is 11.3 Å². The summed E-state index contributed by atoms with van der Waals surface area (Å²) in [7, 11) is 0. The molecule has 1 N–H and O–H groups in total. The highest BCUT2D eigenvalue weighted by molar-refractivity contribution is 5.89. The minimum absolute atomic E-state index is 0.275. The zero-order chi connectivity index (χ0) is 17.3. The summed E-state index contributed by atoms with van der Waals surface area (Å²) in [6.07, 6.45) is 1.10. The number of nitrogens with zero attached hydrogens (tertiary/aromatic N) is 3. The number of rotatable bonds is 4. The average molecular weight is 325 g/mol. The van der Waals surface area contributed by atoms with Crippen molar-refractivity contribution in [1.82, 2.24) is 14.9 Å². The topological polar surface area (TPSA) is 66.3 Å². The Morgan fingerprint density at radius 3 is 2.75 bits per heavy atom. The molecule has 1 aromatic heterocycles. The van der Waals surface area contributed by atoms with E-state index < -0.39 is 5.97 Å². The zero-order valence-corrected chi connectivity index (χ0v) is 14.4. The van der Waals surface area contributed by atoms with E-state index in [1.807, 2.05) is 19.1 Å². The number of carbonyl (C=O) groups is 1. The standard InChI is InChI=1S/C19H23N3O2/c1-12(2)22-8-7-16(11-22)18-10-17(20-13(3)21-18)14-5-4-6-15(9-14)19(23)24/h4-6,9-10,12,16H,7-8,11H2,1-3H3,(H,23,24). The maximum absolute atomic E-state index is 11.2. The first-order chi connectivity index (χ1) is 11.4. The van der Waals surface area contributed by atoms with E-state index in [4.69, 9.17) is 0 Å². The summed E-state index contributed by atoms with van der Waals surface area (Å²) in [4.78, 5) is 22.8. The number of benzene rings is 1. The van der Waals surface area contributed by atoms with Gasteiger partial charge < -0.3 is 10.0 Å². The number of carboxylic acids is 1. The highest BCUT2D eigenvalue weighted by Gasteiger charge is 2.27. The van der Waals surface area contributed by atoms with Crippen LogP contribution in [0.1, 0.15) is 48.1 Å². The largest absolute Gasteiger partial charge is 0.478 e. The fourth-order valence-corrected chi connectivity index (χ4v) is 3.26. The fraction of sp³-hybridized carbons (Fsp3) is 0.421. The monoisotopic (exact) mass is 325 g/mol. The predicted molar refractivity (Wildman–Crippen MR) is 93.2 cm³/mol. The minimum Gasteiger partial charge on any atom is -0.478 e. The summed E-state index contributed by atoms with van der Waals surface area (Å²) >= 11 is 0. The third kappa shape index (κ3) is 3.46. The molecule has 3 rings (SSSR count). The van der Waals surface area contributed by atoms with Crippen LogP contribution in [0.25, 0.3) is 11.3 Å². The van der Waals surface area contributed by atoms with Crippen molar-refractivity contribution in [2.45, 2.75) is 39.2 Å². The molecule has 24 heavy (non-hydrogen) atoms. The Hall–Kier alpha value is -2.27. The van der Waals surface area contributed by atoms with Crippen molar-refractivity contribution >= 4 is 5.97 Å². The van der Waals surface area contributed by atoms with Crippen molar-refractivity contribution in [2.75, 3.05) is 13.1 Å². The Bertz CT molecular complexity index is 758. The Balaban J connectivity index is 1.92. The van der Waals surface area contributed by atoms with Crippen LogP contribution in [-0.4, -0.2) is 45.1 Å². The van der Waals surface area contributed by atoms with Gasteiger partial charge in [0.05, 0.1) is 11.3 Å². The van der Waals surface area contributed by atoms with Gasteiger partial charge in [0.1, 0.15) is 5.82 Å². The van der Waals surface area contributed by atoms with Crippen LogP contribution in [0, 0.1) is 6.92 Å². The number of hydrogen-bond donors (Lipinski definition) is 1. The van der Waals surface area contributed by atoms with Crippen LogP contribution in [0.5, 0.6) is 0 Å². The SMILES string of the molecule is Cc1nc(-c2cccc(C(=O)O)c2)cc(C2CCN(C(C)C)C2)n1. The van der Waals surface area contributed by atoms with Crippen LogP contribution in [0.15, 0.2) is 30.3 Å². The molecule has 1 aliphatic rings. The number of likely N-dealkylation sites (tertiary alicyclic amines) is 1. The number of aryl methyl sites for hydroxylation is 1. The van der Waals surface area contributed by atoms with Crippen molar-refractivity contribution in [3.05, 3.63) is 47.4 Å². The van der Waals surface area contributed by atoms with E-state index in [1.165, 1.54) is 0 Å². The lowest BCUT2D eigenvalue weighted by Gasteiger charge is -2.20. The third-order valence-corrected chi connectivity index (χ3v) is 4.63. The summed E-state index contributed by atoms with van der Waals surface area (Å²) in [5.74, 6) is 0.216. The maximum Gasteiger partial charge on any atom is 0.335 e. The second kappa shape index (κ2) is 6.69. The van der Waals surface area contributed by atoms with Gasteiger partial charge in [0.15, 0.2) is 0 Å². The first-order valence-electron chi connectivity index (χ1n) is 8.37. The van der Waals surface area contributed by atoms with Gasteiger partial charge in [0.25, 0.3) is 0 Å². The highest BCUT2D eigenvalue weighted by atomic mass is 16.4. The second-order valence-electron chi connectivity index (χ2n) is 6.69. The molecule has 1 saturated heterocycles. The molecular weight excluding hydrogens is 302 g/mol. The van der Waals surface area contributed by atoms with Gasteiger partial charge in [-0.25, -0.2) is 14.8 Å². The van der Waals surface area contributed by atoms with E-state index in [2.05, 4.69) is 28.7 Å². The van der Waals surface area contributed by atoms with Gasteiger partial charge in [0, 0.05) is 29.8 Å². The predicted octanol–water partition coefficient (Wildman–Crippen LogP) is 3.35. The molecule has 0 aliphatic carbocycles. The number of aromatic nitrogens is 2. The Morgan fingerprint density at radius 2 is 2.08 bits per heavy atom. The van der Waals surface area contributed by atoms with Crippen molar-refractivity contribution in [1.29, 1.82) is 0 Å². The lowest BCUT2D eigenvalue weighted by Crippen LogP contribution is -2.28. The summed E-state index contributed by atoms with van der Waals surface area (Å²) in [6.45, 7) is 8.44. The van der Waals surface area contributed by atoms with Crippen molar-refractivity contribution < 1.29 is 9.90 Å². The van der Waals surface area contributed by atoms with Crippen LogP contribution in [0.4, 0.5) is 0 Å². The molecule has 126 valence electrons. The van der Waals surface area contributed by atoms with E-state index in [-0.39, 0.29) is 5.56 Å². The number of hydrogen-bond acceptors (Lipinski definition) is 4. The molecule has 5 nitrogen and oxygen atoms in total. The molecule has 5 heteroatoms. The molecule has 0 bridgehead atoms. The molecule has 1 atom stereocenters. The molecular formula is C19H23N3O2. The molecule has 0 radical (unpaired) electrons. The minimum atomic E-state index is -0.925. The Morgan fingerprint density at radius 1 is 1.29 bits per heavy atom. The van der Waals surface area contributed by atoms with Crippen LogP contribution in [0.2, 0.25) is 0 Å². The number of aromatic carboxylic acids is 1. The smallest absolute Gasteiger partial charge is 0.335 e. The molecule has 2 heterocycles. The summed E-state index contributed by atoms with van der Waals surface area (Å²) in [5, 5.41) is 9.18. The van der Waals surface area contributed by atoms with Gasteiger partial charge in [-0.2, -0.15) is 0 Å². The molecule has 0 amide bonds. The quantitative estimate of drug-likeness (QED) is 0.934. The van der Waals surface area contributed by atoms with E-state index in [9.17, 15) is 9.90 Å². The lowest BCUT2D eigenvalue weighted by molar-refractivity contribution is 0.0697. The van der Waals surface area contributed by atoms with Gasteiger partial charge in [0.2, 0.25) is 0 Å². The maximum atomic E-state index is 11.2. The van der Waals surface area contributed by atoms with Gasteiger partial charge in [-0.15, -0.1) is 0 Å². The summed E-state index contributed by atoms with van der Waals surface area (Å²) in [6, 6.07) is 9.48. The second-order valence-corrected chi connectivity index (χ2v) is 6.69. The van der Waals surface area contributed by atoms with Gasteiger partial charge in [-0.05, 0) is 51.9 Å². The zero-order valence-electron chi connectivity index (χ0n) is 14.4. The van der Waals surface area contributed by atoms with Gasteiger partial charge >= 0.3 is 5.97 Å². The number of carboxylic acid groups (broad SMARTS) is 1. The fourth-order valence-electron chi connectivity index (χ4n) is 3.26. The van der Waals surface area contributed by atoms with E-state index >= 15 is 0 Å². The Kier molecular flexibility index (Phi) is 4.62. The molecule has 0 spiro atoms. The van der Waals surface area contributed by atoms with E-state index in [1.54, 1.807) is 18.2 Å². The normalized spacial score (nSPS) is 18.2. The molecule has 2 aromatic rings. The molecule has 1 aliphatic heterocycles. The van der Waals surface area contributed by atoms with E-state index in [0.29, 0.717) is 12.0 Å². The lowest BCUT2D eigenvalue weighted by atomic mass is 10.0. The van der Waals surface area contributed by atoms with Gasteiger partial charge in [-0.1, -0.05) is 12.1 Å². The third-order valence-electron chi connectivity index (χ3n) is 4.63. The van der Waals surface area contributed by atoms with Crippen LogP contribution >= 0.6 is 0 Å². The molecule has 1 aromatic carbocycles. The highest BCUT2D eigenvalue weighted by Crippen LogP contribution is 2.29. The van der Waals surface area contributed by atoms with Crippen LogP contribution in [0.3, 0.4) is 0 Å².